The molecule has 1 aliphatic heterocycles. The molecule has 6 heteroatoms. The van der Waals surface area contributed by atoms with Gasteiger partial charge in [-0.1, -0.05) is 0 Å². The molecule has 14 heavy (non-hydrogen) atoms. The molecular formula is C8H18N4O2. The number of aliphatic carboxylic acids is 1. The third-order valence-corrected chi connectivity index (χ3v) is 2.79. The molecule has 0 aromatic rings. The summed E-state index contributed by atoms with van der Waals surface area (Å²) < 4.78 is 0. The van der Waals surface area contributed by atoms with Crippen molar-refractivity contribution in [2.24, 2.45) is 23.1 Å². The van der Waals surface area contributed by atoms with E-state index >= 15 is 0 Å². The van der Waals surface area contributed by atoms with Gasteiger partial charge in [-0.3, -0.25) is 9.69 Å². The Kier molecular flexibility index (Phi) is 3.82. The number of rotatable bonds is 3. The minimum atomic E-state index is -0.930. The van der Waals surface area contributed by atoms with Gasteiger partial charge < -0.3 is 22.3 Å². The molecule has 0 aromatic heterocycles. The Labute approximate surface area is 83.0 Å². The molecule has 1 saturated heterocycles. The van der Waals surface area contributed by atoms with Crippen LogP contribution in [0.5, 0.6) is 0 Å². The Morgan fingerprint density at radius 1 is 1.29 bits per heavy atom. The molecule has 0 aliphatic carbocycles. The van der Waals surface area contributed by atoms with Gasteiger partial charge in [0.15, 0.2) is 0 Å². The molecule has 1 heterocycles. The van der Waals surface area contributed by atoms with E-state index in [4.69, 9.17) is 22.3 Å². The van der Waals surface area contributed by atoms with E-state index in [1.54, 1.807) is 0 Å². The Hall–Kier alpha value is -0.690. The summed E-state index contributed by atoms with van der Waals surface area (Å²) in [6.07, 6.45) is 1.05. The van der Waals surface area contributed by atoms with Crippen molar-refractivity contribution < 1.29 is 9.90 Å². The van der Waals surface area contributed by atoms with Crippen LogP contribution in [0.2, 0.25) is 0 Å². The summed E-state index contributed by atoms with van der Waals surface area (Å²) in [5.74, 6) is -0.886. The molecule has 1 fully saturated rings. The maximum Gasteiger partial charge on any atom is 0.320 e. The molecule has 82 valence electrons. The molecule has 0 radical (unpaired) electrons. The molecule has 7 N–H and O–H groups in total. The Morgan fingerprint density at radius 3 is 2.14 bits per heavy atom. The van der Waals surface area contributed by atoms with Crippen molar-refractivity contribution in [2.75, 3.05) is 13.1 Å². The van der Waals surface area contributed by atoms with Gasteiger partial charge in [-0.2, -0.15) is 0 Å². The quantitative estimate of drug-likeness (QED) is 0.405. The van der Waals surface area contributed by atoms with Crippen LogP contribution >= 0.6 is 0 Å². The summed E-state index contributed by atoms with van der Waals surface area (Å²) in [6, 6.07) is -0.758. The van der Waals surface area contributed by atoms with E-state index in [0.717, 1.165) is 25.9 Å². The van der Waals surface area contributed by atoms with Crippen LogP contribution in [0.25, 0.3) is 0 Å². The maximum absolute atomic E-state index is 10.6. The number of hydrogen-bond donors (Lipinski definition) is 4. The summed E-state index contributed by atoms with van der Waals surface area (Å²) in [7, 11) is 0. The number of likely N-dealkylation sites (tertiary alicyclic amines) is 1. The number of carboxylic acid groups (broad SMARTS) is 1. The normalized spacial score (nSPS) is 22.6. The van der Waals surface area contributed by atoms with E-state index in [-0.39, 0.29) is 5.92 Å². The summed E-state index contributed by atoms with van der Waals surface area (Å²) in [5, 5.41) is 8.72. The second kappa shape index (κ2) is 4.70. The highest BCUT2D eigenvalue weighted by atomic mass is 16.4. The van der Waals surface area contributed by atoms with Gasteiger partial charge >= 0.3 is 5.97 Å². The van der Waals surface area contributed by atoms with Crippen molar-refractivity contribution in [2.45, 2.75) is 25.2 Å². The second-order valence-electron chi connectivity index (χ2n) is 3.73. The molecule has 0 spiro atoms. The van der Waals surface area contributed by atoms with Crippen molar-refractivity contribution in [3.8, 4) is 0 Å². The Bertz CT molecular complexity index is 202. The van der Waals surface area contributed by atoms with Gasteiger partial charge in [-0.05, 0) is 18.8 Å². The van der Waals surface area contributed by atoms with Crippen molar-refractivity contribution in [3.05, 3.63) is 0 Å². The zero-order chi connectivity index (χ0) is 10.7. The van der Waals surface area contributed by atoms with Crippen LogP contribution in [-0.2, 0) is 4.79 Å². The van der Waals surface area contributed by atoms with Gasteiger partial charge in [0.05, 0.1) is 0 Å². The van der Waals surface area contributed by atoms with Crippen molar-refractivity contribution in [1.82, 2.24) is 4.90 Å². The van der Waals surface area contributed by atoms with E-state index in [1.165, 1.54) is 0 Å². The third-order valence-electron chi connectivity index (χ3n) is 2.79. The molecule has 0 aromatic carbocycles. The average molecular weight is 202 g/mol. The lowest BCUT2D eigenvalue weighted by Gasteiger charge is -2.35. The number of carboxylic acids is 1. The predicted octanol–water partition coefficient (Wildman–Crippen LogP) is -1.69. The lowest BCUT2D eigenvalue weighted by Crippen LogP contribution is -2.53. The summed E-state index contributed by atoms with van der Waals surface area (Å²) in [5.41, 5.74) is 16.5. The van der Waals surface area contributed by atoms with Crippen molar-refractivity contribution in [3.63, 3.8) is 0 Å². The summed E-state index contributed by atoms with van der Waals surface area (Å²) >= 11 is 0. The third kappa shape index (κ3) is 2.65. The van der Waals surface area contributed by atoms with E-state index in [9.17, 15) is 4.79 Å². The van der Waals surface area contributed by atoms with Gasteiger partial charge in [0.1, 0.15) is 12.3 Å². The number of nitrogens with zero attached hydrogens (tertiary/aromatic N) is 1. The van der Waals surface area contributed by atoms with Crippen molar-refractivity contribution in [1.29, 1.82) is 0 Å². The SMILES string of the molecule is NC(C(=O)O)C1CCN(C(N)N)CC1. The molecule has 0 saturated carbocycles. The molecule has 0 bridgehead atoms. The van der Waals surface area contributed by atoms with Crippen molar-refractivity contribution >= 4 is 5.97 Å². The molecule has 1 rings (SSSR count). The van der Waals surface area contributed by atoms with Crippen LogP contribution in [0.15, 0.2) is 0 Å². The first-order valence-electron chi connectivity index (χ1n) is 4.76. The first-order valence-corrected chi connectivity index (χ1v) is 4.76. The fourth-order valence-corrected chi connectivity index (χ4v) is 1.78. The molecule has 0 amide bonds. The van der Waals surface area contributed by atoms with Gasteiger partial charge in [0.25, 0.3) is 0 Å². The highest BCUT2D eigenvalue weighted by molar-refractivity contribution is 5.73. The monoisotopic (exact) mass is 202 g/mol. The molecule has 1 atom stereocenters. The lowest BCUT2D eigenvalue weighted by molar-refractivity contribution is -0.140. The van der Waals surface area contributed by atoms with Crippen LogP contribution in [0, 0.1) is 5.92 Å². The Morgan fingerprint density at radius 2 is 1.79 bits per heavy atom. The smallest absolute Gasteiger partial charge is 0.320 e. The number of nitrogens with two attached hydrogens (primary N) is 3. The van der Waals surface area contributed by atoms with Crippen LogP contribution in [0.3, 0.4) is 0 Å². The lowest BCUT2D eigenvalue weighted by atomic mass is 9.90. The largest absolute Gasteiger partial charge is 0.480 e. The highest BCUT2D eigenvalue weighted by Crippen LogP contribution is 2.19. The predicted molar refractivity (Wildman–Crippen MR) is 52.1 cm³/mol. The number of hydrogen-bond acceptors (Lipinski definition) is 5. The maximum atomic E-state index is 10.6. The minimum absolute atomic E-state index is 0.0440. The van der Waals surface area contributed by atoms with Crippen LogP contribution in [-0.4, -0.2) is 41.4 Å². The second-order valence-corrected chi connectivity index (χ2v) is 3.73. The first kappa shape index (κ1) is 11.4. The molecular weight excluding hydrogens is 184 g/mol. The topological polar surface area (TPSA) is 119 Å². The molecule has 6 nitrogen and oxygen atoms in total. The van der Waals surface area contributed by atoms with Gasteiger partial charge in [0.2, 0.25) is 0 Å². The standard InChI is InChI=1S/C8H18N4O2/c9-6(7(13)14)5-1-3-12(4-2-5)8(10)11/h5-6,8H,1-4,9-11H2,(H,13,14). The van der Waals surface area contributed by atoms with E-state index < -0.39 is 18.3 Å². The van der Waals surface area contributed by atoms with E-state index in [2.05, 4.69) is 0 Å². The van der Waals surface area contributed by atoms with Gasteiger partial charge in [0, 0.05) is 13.1 Å². The Balaban J connectivity index is 2.39. The van der Waals surface area contributed by atoms with Crippen LogP contribution < -0.4 is 17.2 Å². The van der Waals surface area contributed by atoms with Crippen LogP contribution in [0.4, 0.5) is 0 Å². The van der Waals surface area contributed by atoms with Gasteiger partial charge in [-0.15, -0.1) is 0 Å². The zero-order valence-corrected chi connectivity index (χ0v) is 8.10. The number of carbonyl (C=O) groups is 1. The van der Waals surface area contributed by atoms with Gasteiger partial charge in [-0.25, -0.2) is 0 Å². The first-order chi connectivity index (χ1) is 6.52. The van der Waals surface area contributed by atoms with E-state index in [0.29, 0.717) is 0 Å². The zero-order valence-electron chi connectivity index (χ0n) is 8.10. The molecule has 1 unspecified atom stereocenters. The minimum Gasteiger partial charge on any atom is -0.480 e. The average Bonchev–Trinajstić information content (AvgIpc) is 2.16. The fourth-order valence-electron chi connectivity index (χ4n) is 1.78. The fraction of sp³-hybridized carbons (Fsp3) is 0.875. The van der Waals surface area contributed by atoms with Crippen LogP contribution in [0.1, 0.15) is 12.8 Å². The summed E-state index contributed by atoms with van der Waals surface area (Å²) in [4.78, 5) is 12.5. The summed E-state index contributed by atoms with van der Waals surface area (Å²) in [6.45, 7) is 1.45. The molecule has 1 aliphatic rings. The number of piperidine rings is 1. The van der Waals surface area contributed by atoms with E-state index in [1.807, 2.05) is 4.90 Å². The highest BCUT2D eigenvalue weighted by Gasteiger charge is 2.29.